The minimum atomic E-state index is -0.136. The second-order valence-electron chi connectivity index (χ2n) is 3.51. The molecule has 1 nitrogen and oxygen atoms in total. The number of Topliss-reactive ketones (excluding diaryl/α,β-unsaturated/α-hetero) is 1. The number of benzene rings is 2. The molecule has 0 aliphatic rings. The number of hydrogen-bond donors (Lipinski definition) is 0. The predicted molar refractivity (Wildman–Crippen MR) is 66.7 cm³/mol. The molecule has 1 atom stereocenters. The van der Waals surface area contributed by atoms with Gasteiger partial charge in [-0.3, -0.25) is 4.79 Å². The van der Waals surface area contributed by atoms with Crippen molar-refractivity contribution in [1.29, 1.82) is 0 Å². The zero-order valence-corrected chi connectivity index (χ0v) is 9.99. The van der Waals surface area contributed by atoms with Crippen LogP contribution in [0.3, 0.4) is 0 Å². The fourth-order valence-corrected chi connectivity index (χ4v) is 1.90. The molecule has 2 rings (SSSR count). The summed E-state index contributed by atoms with van der Waals surface area (Å²) in [6, 6.07) is 13.8. The zero-order chi connectivity index (χ0) is 10.8. The van der Waals surface area contributed by atoms with Crippen molar-refractivity contribution in [1.82, 2.24) is 0 Å². The molecule has 0 aliphatic carbocycles. The van der Waals surface area contributed by atoms with Crippen LogP contribution < -0.4 is 0 Å². The highest BCUT2D eigenvalue weighted by molar-refractivity contribution is 9.10. The summed E-state index contributed by atoms with van der Waals surface area (Å²) >= 11 is 3.31. The van der Waals surface area contributed by atoms with E-state index in [2.05, 4.69) is 15.9 Å². The normalized spacial score (nSPS) is 12.7. The molecule has 0 saturated carbocycles. The molecule has 0 aromatic heterocycles. The van der Waals surface area contributed by atoms with Crippen molar-refractivity contribution in [2.24, 2.45) is 0 Å². The fraction of sp³-hybridized carbons (Fsp3) is 0.154. The number of carbonyl (C=O) groups is 1. The summed E-state index contributed by atoms with van der Waals surface area (Å²) in [6.45, 7) is 1.85. The summed E-state index contributed by atoms with van der Waals surface area (Å²) < 4.78 is 0. The van der Waals surface area contributed by atoms with Gasteiger partial charge in [-0.2, -0.15) is 0 Å². The van der Waals surface area contributed by atoms with E-state index in [-0.39, 0.29) is 10.6 Å². The van der Waals surface area contributed by atoms with Gasteiger partial charge in [-0.05, 0) is 17.7 Å². The SMILES string of the molecule is C[C@H](Br)C(=O)c1cccc2ccccc12. The van der Waals surface area contributed by atoms with E-state index in [9.17, 15) is 4.79 Å². The van der Waals surface area contributed by atoms with Gasteiger partial charge in [0.05, 0.1) is 4.83 Å². The molecule has 0 spiro atoms. The van der Waals surface area contributed by atoms with Crippen LogP contribution >= 0.6 is 15.9 Å². The molecule has 0 N–H and O–H groups in total. The van der Waals surface area contributed by atoms with E-state index in [4.69, 9.17) is 0 Å². The van der Waals surface area contributed by atoms with Crippen LogP contribution in [0.2, 0.25) is 0 Å². The van der Waals surface area contributed by atoms with Gasteiger partial charge in [-0.15, -0.1) is 0 Å². The topological polar surface area (TPSA) is 17.1 Å². The van der Waals surface area contributed by atoms with Crippen LogP contribution in [-0.4, -0.2) is 10.6 Å². The van der Waals surface area contributed by atoms with E-state index in [0.29, 0.717) is 0 Å². The molecule has 2 aromatic carbocycles. The Hall–Kier alpha value is -1.15. The van der Waals surface area contributed by atoms with E-state index >= 15 is 0 Å². The van der Waals surface area contributed by atoms with Crippen LogP contribution in [0.5, 0.6) is 0 Å². The first-order valence-corrected chi connectivity index (χ1v) is 5.78. The molecular formula is C13H11BrO. The summed E-state index contributed by atoms with van der Waals surface area (Å²) in [4.78, 5) is 11.8. The lowest BCUT2D eigenvalue weighted by molar-refractivity contribution is 0.0997. The lowest BCUT2D eigenvalue weighted by atomic mass is 10.0. The zero-order valence-electron chi connectivity index (χ0n) is 8.41. The summed E-state index contributed by atoms with van der Waals surface area (Å²) in [6.07, 6.45) is 0. The predicted octanol–water partition coefficient (Wildman–Crippen LogP) is 3.81. The maximum atomic E-state index is 11.9. The van der Waals surface area contributed by atoms with Crippen LogP contribution in [0.1, 0.15) is 17.3 Å². The van der Waals surface area contributed by atoms with Crippen molar-refractivity contribution < 1.29 is 4.79 Å². The first-order valence-electron chi connectivity index (χ1n) is 4.86. The number of carbonyl (C=O) groups excluding carboxylic acids is 1. The van der Waals surface area contributed by atoms with Gasteiger partial charge in [-0.1, -0.05) is 58.4 Å². The fourth-order valence-electron chi connectivity index (χ4n) is 1.65. The van der Waals surface area contributed by atoms with Crippen molar-refractivity contribution in [2.75, 3.05) is 0 Å². The molecule has 2 aromatic rings. The van der Waals surface area contributed by atoms with E-state index in [1.807, 2.05) is 49.4 Å². The number of alkyl halides is 1. The molecule has 0 aliphatic heterocycles. The molecule has 0 bridgehead atoms. The van der Waals surface area contributed by atoms with Crippen LogP contribution in [-0.2, 0) is 0 Å². The number of fused-ring (bicyclic) bond motifs is 1. The molecule has 0 fully saturated rings. The number of hydrogen-bond acceptors (Lipinski definition) is 1. The summed E-state index contributed by atoms with van der Waals surface area (Å²) in [5.74, 6) is 0.131. The Kier molecular flexibility index (Phi) is 2.87. The summed E-state index contributed by atoms with van der Waals surface area (Å²) in [5, 5.41) is 2.13. The van der Waals surface area contributed by atoms with Crippen LogP contribution in [0, 0.1) is 0 Å². The third-order valence-electron chi connectivity index (χ3n) is 2.42. The van der Waals surface area contributed by atoms with Crippen molar-refractivity contribution in [3.8, 4) is 0 Å². The smallest absolute Gasteiger partial charge is 0.176 e. The van der Waals surface area contributed by atoms with E-state index in [1.54, 1.807) is 0 Å². The second-order valence-corrected chi connectivity index (χ2v) is 4.88. The molecule has 15 heavy (non-hydrogen) atoms. The largest absolute Gasteiger partial charge is 0.293 e. The van der Waals surface area contributed by atoms with Gasteiger partial charge >= 0.3 is 0 Å². The minimum absolute atomic E-state index is 0.131. The van der Waals surface area contributed by atoms with E-state index in [1.165, 1.54) is 0 Å². The Bertz CT molecular complexity index is 497. The van der Waals surface area contributed by atoms with Crippen LogP contribution in [0.25, 0.3) is 10.8 Å². The molecular weight excluding hydrogens is 252 g/mol. The average molecular weight is 263 g/mol. The lowest BCUT2D eigenvalue weighted by Gasteiger charge is -2.06. The molecule has 0 unspecified atom stereocenters. The number of ketones is 1. The molecule has 0 heterocycles. The highest BCUT2D eigenvalue weighted by Gasteiger charge is 2.13. The van der Waals surface area contributed by atoms with Gasteiger partial charge in [0.1, 0.15) is 0 Å². The van der Waals surface area contributed by atoms with Crippen LogP contribution in [0.15, 0.2) is 42.5 Å². The van der Waals surface area contributed by atoms with Crippen LogP contribution in [0.4, 0.5) is 0 Å². The third-order valence-corrected chi connectivity index (χ3v) is 2.83. The molecule has 0 amide bonds. The van der Waals surface area contributed by atoms with Gasteiger partial charge in [0.15, 0.2) is 5.78 Å². The monoisotopic (exact) mass is 262 g/mol. The minimum Gasteiger partial charge on any atom is -0.293 e. The highest BCUT2D eigenvalue weighted by atomic mass is 79.9. The first kappa shape index (κ1) is 10.4. The highest BCUT2D eigenvalue weighted by Crippen LogP contribution is 2.21. The Balaban J connectivity index is 2.66. The van der Waals surface area contributed by atoms with Gasteiger partial charge in [0.2, 0.25) is 0 Å². The summed E-state index contributed by atoms with van der Waals surface area (Å²) in [5.41, 5.74) is 0.789. The Labute approximate surface area is 97.2 Å². The Morgan fingerprint density at radius 2 is 1.80 bits per heavy atom. The molecule has 0 radical (unpaired) electrons. The van der Waals surface area contributed by atoms with Gasteiger partial charge in [0.25, 0.3) is 0 Å². The third kappa shape index (κ3) is 1.95. The summed E-state index contributed by atoms with van der Waals surface area (Å²) in [7, 11) is 0. The second kappa shape index (κ2) is 4.15. The van der Waals surface area contributed by atoms with Crippen molar-refractivity contribution in [3.63, 3.8) is 0 Å². The maximum absolute atomic E-state index is 11.9. The molecule has 0 saturated heterocycles. The molecule has 76 valence electrons. The number of rotatable bonds is 2. The van der Waals surface area contributed by atoms with E-state index < -0.39 is 0 Å². The standard InChI is InChI=1S/C13H11BrO/c1-9(14)13(15)12-8-4-6-10-5-2-3-7-11(10)12/h2-9H,1H3/t9-/m0/s1. The lowest BCUT2D eigenvalue weighted by Crippen LogP contribution is -2.10. The van der Waals surface area contributed by atoms with Crippen molar-refractivity contribution in [3.05, 3.63) is 48.0 Å². The average Bonchev–Trinajstić information content (AvgIpc) is 2.27. The van der Waals surface area contributed by atoms with Gasteiger partial charge in [0, 0.05) is 5.56 Å². The Morgan fingerprint density at radius 1 is 1.13 bits per heavy atom. The number of halogens is 1. The molecule has 2 heteroatoms. The Morgan fingerprint density at radius 3 is 2.53 bits per heavy atom. The van der Waals surface area contributed by atoms with Crippen molar-refractivity contribution in [2.45, 2.75) is 11.8 Å². The first-order chi connectivity index (χ1) is 7.20. The van der Waals surface area contributed by atoms with E-state index in [0.717, 1.165) is 16.3 Å². The maximum Gasteiger partial charge on any atom is 0.176 e. The van der Waals surface area contributed by atoms with Gasteiger partial charge < -0.3 is 0 Å². The quantitative estimate of drug-likeness (QED) is 0.594. The van der Waals surface area contributed by atoms with Gasteiger partial charge in [-0.25, -0.2) is 0 Å². The van der Waals surface area contributed by atoms with Crippen molar-refractivity contribution >= 4 is 32.5 Å².